The monoisotopic (exact) mass is 207 g/mol. The van der Waals surface area contributed by atoms with E-state index < -0.39 is 0 Å². The number of aromatic amines is 1. The Bertz CT molecular complexity index is 515. The summed E-state index contributed by atoms with van der Waals surface area (Å²) in [6, 6.07) is 3.87. The standard InChI is InChI=1S/C9H9N3OS/c1-5-3-4-7(10-6(5)2)8-11-9(14)13-12-8/h3-4H,1-2H3,(H,11,12,14). The van der Waals surface area contributed by atoms with E-state index in [1.54, 1.807) is 0 Å². The molecule has 1 N–H and O–H groups in total. The van der Waals surface area contributed by atoms with Gasteiger partial charge in [0.25, 0.3) is 0 Å². The number of rotatable bonds is 1. The number of H-pyrrole nitrogens is 1. The van der Waals surface area contributed by atoms with E-state index in [0.717, 1.165) is 17.0 Å². The quantitative estimate of drug-likeness (QED) is 0.729. The zero-order valence-electron chi connectivity index (χ0n) is 7.87. The molecular formula is C9H9N3OS. The van der Waals surface area contributed by atoms with Crippen LogP contribution in [0.1, 0.15) is 11.3 Å². The molecule has 0 spiro atoms. The van der Waals surface area contributed by atoms with Gasteiger partial charge in [-0.2, -0.15) is 10.1 Å². The highest BCUT2D eigenvalue weighted by Crippen LogP contribution is 2.14. The normalized spacial score (nSPS) is 10.4. The van der Waals surface area contributed by atoms with Crippen molar-refractivity contribution >= 4 is 12.2 Å². The van der Waals surface area contributed by atoms with Crippen molar-refractivity contribution in [3.8, 4) is 11.5 Å². The molecule has 0 amide bonds. The maximum Gasteiger partial charge on any atom is 0.314 e. The highest BCUT2D eigenvalue weighted by Gasteiger charge is 2.04. The number of hydrogen-bond donors (Lipinski definition) is 1. The first-order valence-electron chi connectivity index (χ1n) is 4.17. The first kappa shape index (κ1) is 9.08. The number of aryl methyl sites for hydroxylation is 2. The molecule has 4 nitrogen and oxygen atoms in total. The third-order valence-corrected chi connectivity index (χ3v) is 2.21. The second kappa shape index (κ2) is 3.34. The Morgan fingerprint density at radius 1 is 1.29 bits per heavy atom. The lowest BCUT2D eigenvalue weighted by Crippen LogP contribution is -1.91. The van der Waals surface area contributed by atoms with Crippen LogP contribution in [0.3, 0.4) is 0 Å². The molecule has 0 saturated carbocycles. The van der Waals surface area contributed by atoms with Gasteiger partial charge in [0.1, 0.15) is 5.69 Å². The number of hydrogen-bond acceptors (Lipinski definition) is 4. The van der Waals surface area contributed by atoms with Gasteiger partial charge in [-0.3, -0.25) is 0 Å². The largest absolute Gasteiger partial charge is 0.348 e. The minimum Gasteiger partial charge on any atom is -0.348 e. The van der Waals surface area contributed by atoms with Crippen LogP contribution in [0.15, 0.2) is 16.7 Å². The molecule has 0 aliphatic heterocycles. The number of nitrogens with one attached hydrogen (secondary N) is 1. The molecule has 0 atom stereocenters. The average molecular weight is 207 g/mol. The molecule has 0 radical (unpaired) electrons. The van der Waals surface area contributed by atoms with Crippen LogP contribution in [0.4, 0.5) is 0 Å². The molecular weight excluding hydrogens is 198 g/mol. The van der Waals surface area contributed by atoms with Crippen molar-refractivity contribution in [2.75, 3.05) is 0 Å². The molecule has 0 aromatic carbocycles. The van der Waals surface area contributed by atoms with E-state index in [1.807, 2.05) is 26.0 Å². The molecule has 0 unspecified atom stereocenters. The summed E-state index contributed by atoms with van der Waals surface area (Å²) < 4.78 is 4.83. The molecule has 2 aromatic rings. The molecule has 72 valence electrons. The lowest BCUT2D eigenvalue weighted by atomic mass is 10.2. The third-order valence-electron chi connectivity index (χ3n) is 2.03. The molecule has 2 heterocycles. The van der Waals surface area contributed by atoms with Gasteiger partial charge in [-0.25, -0.2) is 4.98 Å². The Morgan fingerprint density at radius 3 is 2.64 bits per heavy atom. The summed E-state index contributed by atoms with van der Waals surface area (Å²) in [6.07, 6.45) is 0. The van der Waals surface area contributed by atoms with Crippen molar-refractivity contribution in [2.24, 2.45) is 0 Å². The van der Waals surface area contributed by atoms with Gasteiger partial charge in [-0.15, -0.1) is 0 Å². The number of pyridine rings is 1. The highest BCUT2D eigenvalue weighted by molar-refractivity contribution is 7.71. The van der Waals surface area contributed by atoms with Crippen molar-refractivity contribution in [3.05, 3.63) is 28.2 Å². The molecule has 5 heteroatoms. The molecule has 0 aliphatic rings. The maximum atomic E-state index is 4.83. The van der Waals surface area contributed by atoms with Gasteiger partial charge in [0.05, 0.1) is 0 Å². The molecule has 0 saturated heterocycles. The van der Waals surface area contributed by atoms with E-state index in [4.69, 9.17) is 16.7 Å². The van der Waals surface area contributed by atoms with E-state index >= 15 is 0 Å². The number of nitrogens with zero attached hydrogens (tertiary/aromatic N) is 2. The minimum absolute atomic E-state index is 0.194. The van der Waals surface area contributed by atoms with E-state index in [-0.39, 0.29) is 4.84 Å². The second-order valence-electron chi connectivity index (χ2n) is 3.03. The summed E-state index contributed by atoms with van der Waals surface area (Å²) in [5.74, 6) is 0.568. The lowest BCUT2D eigenvalue weighted by molar-refractivity contribution is 0.406. The van der Waals surface area contributed by atoms with Gasteiger partial charge in [0.2, 0.25) is 0 Å². The van der Waals surface area contributed by atoms with Crippen LogP contribution in [-0.2, 0) is 0 Å². The van der Waals surface area contributed by atoms with Crippen molar-refractivity contribution < 1.29 is 4.52 Å². The van der Waals surface area contributed by atoms with Crippen LogP contribution in [0.25, 0.3) is 11.5 Å². The van der Waals surface area contributed by atoms with Crippen molar-refractivity contribution in [3.63, 3.8) is 0 Å². The zero-order valence-corrected chi connectivity index (χ0v) is 8.68. The predicted molar refractivity (Wildman–Crippen MR) is 54.4 cm³/mol. The van der Waals surface area contributed by atoms with Gasteiger partial charge in [-0.1, -0.05) is 6.07 Å². The summed E-state index contributed by atoms with van der Waals surface area (Å²) in [4.78, 5) is 8.53. The molecule has 2 aromatic heterocycles. The van der Waals surface area contributed by atoms with E-state index in [0.29, 0.717) is 5.82 Å². The topological polar surface area (TPSA) is 54.7 Å². The van der Waals surface area contributed by atoms with E-state index in [9.17, 15) is 0 Å². The average Bonchev–Trinajstić information content (AvgIpc) is 2.57. The fraction of sp³-hybridized carbons (Fsp3) is 0.222. The molecule has 0 bridgehead atoms. The van der Waals surface area contributed by atoms with Crippen LogP contribution in [0.5, 0.6) is 0 Å². The summed E-state index contributed by atoms with van der Waals surface area (Å²) in [5.41, 5.74) is 2.87. The summed E-state index contributed by atoms with van der Waals surface area (Å²) in [6.45, 7) is 3.96. The van der Waals surface area contributed by atoms with Gasteiger partial charge < -0.3 is 4.52 Å². The fourth-order valence-electron chi connectivity index (χ4n) is 1.10. The first-order valence-corrected chi connectivity index (χ1v) is 4.58. The Hall–Kier alpha value is -1.49. The predicted octanol–water partition coefficient (Wildman–Crippen LogP) is 2.41. The summed E-state index contributed by atoms with van der Waals surface area (Å²) in [7, 11) is 0. The lowest BCUT2D eigenvalue weighted by Gasteiger charge is -1.99. The SMILES string of the molecule is Cc1ccc(-c2nc(=S)o[nH]2)nc1C. The summed E-state index contributed by atoms with van der Waals surface area (Å²) >= 11 is 4.75. The Kier molecular flexibility index (Phi) is 2.17. The molecule has 0 fully saturated rings. The van der Waals surface area contributed by atoms with Gasteiger partial charge >= 0.3 is 4.84 Å². The highest BCUT2D eigenvalue weighted by atomic mass is 32.1. The summed E-state index contributed by atoms with van der Waals surface area (Å²) in [5, 5.41) is 2.62. The van der Waals surface area contributed by atoms with Crippen molar-refractivity contribution in [1.82, 2.24) is 15.1 Å². The van der Waals surface area contributed by atoms with Crippen LogP contribution in [0.2, 0.25) is 0 Å². The fourth-order valence-corrected chi connectivity index (χ4v) is 1.23. The molecule has 14 heavy (non-hydrogen) atoms. The smallest absolute Gasteiger partial charge is 0.314 e. The van der Waals surface area contributed by atoms with Crippen LogP contribution >= 0.6 is 12.2 Å². The zero-order chi connectivity index (χ0) is 10.1. The van der Waals surface area contributed by atoms with Gasteiger partial charge in [0, 0.05) is 5.69 Å². The Balaban J connectivity index is 2.52. The van der Waals surface area contributed by atoms with E-state index in [1.165, 1.54) is 0 Å². The van der Waals surface area contributed by atoms with Crippen molar-refractivity contribution in [1.29, 1.82) is 0 Å². The Labute approximate surface area is 86.0 Å². The van der Waals surface area contributed by atoms with Crippen molar-refractivity contribution in [2.45, 2.75) is 13.8 Å². The third kappa shape index (κ3) is 1.58. The van der Waals surface area contributed by atoms with Crippen LogP contribution in [-0.4, -0.2) is 15.1 Å². The first-order chi connectivity index (χ1) is 6.66. The maximum absolute atomic E-state index is 4.83. The van der Waals surface area contributed by atoms with Gasteiger partial charge in [-0.05, 0) is 37.7 Å². The van der Waals surface area contributed by atoms with Gasteiger partial charge in [0.15, 0.2) is 5.82 Å². The molecule has 0 aliphatic carbocycles. The van der Waals surface area contributed by atoms with Crippen LogP contribution < -0.4 is 0 Å². The number of aromatic nitrogens is 3. The van der Waals surface area contributed by atoms with E-state index in [2.05, 4.69) is 15.1 Å². The molecule has 2 rings (SSSR count). The Morgan fingerprint density at radius 2 is 2.07 bits per heavy atom. The van der Waals surface area contributed by atoms with Crippen LogP contribution in [0, 0.1) is 18.7 Å². The minimum atomic E-state index is 0.194. The second-order valence-corrected chi connectivity index (χ2v) is 3.38.